The number of nitrogens with one attached hydrogen (secondary N) is 1. The summed E-state index contributed by atoms with van der Waals surface area (Å²) >= 11 is 4.75. The molecule has 2 N–H and O–H groups in total. The molecule has 6 heteroatoms. The number of hydrogen-bond donors (Lipinski definition) is 2. The maximum absolute atomic E-state index is 12.3. The number of thiophene rings is 1. The van der Waals surface area contributed by atoms with Gasteiger partial charge < -0.3 is 10.4 Å². The summed E-state index contributed by atoms with van der Waals surface area (Å²) in [6.07, 6.45) is 0.883. The molecule has 1 aromatic carbocycles. The van der Waals surface area contributed by atoms with Gasteiger partial charge in [0.25, 0.3) is 5.91 Å². The molecule has 0 radical (unpaired) electrons. The Labute approximate surface area is 134 Å². The molecule has 0 aliphatic rings. The molecule has 2 rings (SSSR count). The normalized spacial score (nSPS) is 10.4. The Bertz CT molecular complexity index is 709. The van der Waals surface area contributed by atoms with E-state index in [1.165, 1.54) is 23.5 Å². The van der Waals surface area contributed by atoms with Crippen LogP contribution in [0, 0.1) is 6.92 Å². The Hall–Kier alpha value is -1.66. The predicted molar refractivity (Wildman–Crippen MR) is 87.5 cm³/mol. The highest BCUT2D eigenvalue weighted by atomic mass is 79.9. The number of carbonyl (C=O) groups is 2. The summed E-state index contributed by atoms with van der Waals surface area (Å²) < 4.78 is 0.643. The number of hydrogen-bond acceptors (Lipinski definition) is 3. The van der Waals surface area contributed by atoms with Crippen molar-refractivity contribution in [2.45, 2.75) is 20.3 Å². The second kappa shape index (κ2) is 6.41. The molecule has 0 atom stereocenters. The van der Waals surface area contributed by atoms with Crippen LogP contribution in [0.25, 0.3) is 0 Å². The summed E-state index contributed by atoms with van der Waals surface area (Å²) in [5, 5.41) is 11.7. The average molecular weight is 368 g/mol. The Balaban J connectivity index is 2.26. The molecule has 0 unspecified atom stereocenters. The first kappa shape index (κ1) is 15.7. The largest absolute Gasteiger partial charge is 0.478 e. The number of rotatable bonds is 4. The zero-order chi connectivity index (χ0) is 15.6. The van der Waals surface area contributed by atoms with Crippen molar-refractivity contribution in [1.29, 1.82) is 0 Å². The van der Waals surface area contributed by atoms with Gasteiger partial charge in [0.1, 0.15) is 0 Å². The lowest BCUT2D eigenvalue weighted by Gasteiger charge is -2.07. The van der Waals surface area contributed by atoms with Crippen LogP contribution in [0.1, 0.15) is 37.4 Å². The average Bonchev–Trinajstić information content (AvgIpc) is 2.82. The molecule has 1 amide bonds. The number of aromatic carboxylic acids is 1. The molecule has 1 aromatic heterocycles. The van der Waals surface area contributed by atoms with E-state index in [0.29, 0.717) is 15.0 Å². The lowest BCUT2D eigenvalue weighted by Crippen LogP contribution is -2.11. The zero-order valence-electron chi connectivity index (χ0n) is 11.6. The van der Waals surface area contributed by atoms with Gasteiger partial charge in [-0.1, -0.05) is 6.92 Å². The molecule has 110 valence electrons. The second-order valence-electron chi connectivity index (χ2n) is 4.50. The Morgan fingerprint density at radius 2 is 2.05 bits per heavy atom. The molecule has 0 bridgehead atoms. The predicted octanol–water partition coefficient (Wildman–Crippen LogP) is 4.33. The maximum atomic E-state index is 12.3. The summed E-state index contributed by atoms with van der Waals surface area (Å²) in [5.74, 6) is -1.26. The Morgan fingerprint density at radius 1 is 1.33 bits per heavy atom. The Morgan fingerprint density at radius 3 is 2.62 bits per heavy atom. The third-order valence-corrected chi connectivity index (χ3v) is 4.87. The highest BCUT2D eigenvalue weighted by Gasteiger charge is 2.14. The minimum Gasteiger partial charge on any atom is -0.478 e. The molecular weight excluding hydrogens is 354 g/mol. The molecule has 0 saturated heterocycles. The van der Waals surface area contributed by atoms with Crippen molar-refractivity contribution in [2.24, 2.45) is 0 Å². The number of carbonyl (C=O) groups excluding carboxylic acids is 1. The number of aryl methyl sites for hydroxylation is 2. The van der Waals surface area contributed by atoms with Crippen molar-refractivity contribution < 1.29 is 14.7 Å². The van der Waals surface area contributed by atoms with Gasteiger partial charge in [-0.05, 0) is 59.1 Å². The summed E-state index contributed by atoms with van der Waals surface area (Å²) in [5.41, 5.74) is 1.73. The first-order chi connectivity index (χ1) is 9.92. The van der Waals surface area contributed by atoms with Crippen molar-refractivity contribution in [2.75, 3.05) is 5.32 Å². The number of halogens is 1. The molecule has 0 aliphatic heterocycles. The van der Waals surface area contributed by atoms with Crippen molar-refractivity contribution in [3.8, 4) is 0 Å². The van der Waals surface area contributed by atoms with Crippen LogP contribution < -0.4 is 5.32 Å². The summed E-state index contributed by atoms with van der Waals surface area (Å²) in [6.45, 7) is 4.03. The van der Waals surface area contributed by atoms with E-state index in [1.807, 2.05) is 19.9 Å². The lowest BCUT2D eigenvalue weighted by atomic mass is 10.2. The van der Waals surface area contributed by atoms with Crippen molar-refractivity contribution >= 4 is 44.8 Å². The summed E-state index contributed by atoms with van der Waals surface area (Å²) in [6, 6.07) is 6.40. The van der Waals surface area contributed by atoms with Gasteiger partial charge >= 0.3 is 5.97 Å². The molecule has 4 nitrogen and oxygen atoms in total. The highest BCUT2D eigenvalue weighted by Crippen LogP contribution is 2.27. The van der Waals surface area contributed by atoms with E-state index in [1.54, 1.807) is 6.07 Å². The van der Waals surface area contributed by atoms with Gasteiger partial charge in [-0.15, -0.1) is 11.3 Å². The van der Waals surface area contributed by atoms with Gasteiger partial charge in [0.15, 0.2) is 0 Å². The quantitative estimate of drug-likeness (QED) is 0.844. The van der Waals surface area contributed by atoms with Crippen LogP contribution in [-0.2, 0) is 6.42 Å². The molecule has 1 heterocycles. The smallest absolute Gasteiger partial charge is 0.335 e. The van der Waals surface area contributed by atoms with E-state index in [-0.39, 0.29) is 11.5 Å². The van der Waals surface area contributed by atoms with E-state index >= 15 is 0 Å². The number of carboxylic acids is 1. The van der Waals surface area contributed by atoms with Crippen LogP contribution in [0.4, 0.5) is 5.69 Å². The van der Waals surface area contributed by atoms with Crippen LogP contribution in [0.5, 0.6) is 0 Å². The second-order valence-corrected chi connectivity index (χ2v) is 6.61. The van der Waals surface area contributed by atoms with E-state index in [0.717, 1.165) is 16.9 Å². The van der Waals surface area contributed by atoms with E-state index in [4.69, 9.17) is 5.11 Å². The lowest BCUT2D eigenvalue weighted by molar-refractivity contribution is 0.0696. The third kappa shape index (κ3) is 3.51. The SMILES string of the molecule is CCc1cc(C(=O)Nc2cc(C(=O)O)ccc2Br)sc1C. The van der Waals surface area contributed by atoms with E-state index < -0.39 is 5.97 Å². The number of amides is 1. The molecule has 2 aromatic rings. The monoisotopic (exact) mass is 367 g/mol. The van der Waals surface area contributed by atoms with Gasteiger partial charge in [0, 0.05) is 9.35 Å². The fourth-order valence-electron chi connectivity index (χ4n) is 1.92. The number of carboxylic acid groups (broad SMARTS) is 1. The third-order valence-electron chi connectivity index (χ3n) is 3.09. The standard InChI is InChI=1S/C15H14BrNO3S/c1-3-9-7-13(21-8(9)2)14(18)17-12-6-10(15(19)20)4-5-11(12)16/h4-7H,3H2,1-2H3,(H,17,18)(H,19,20). The topological polar surface area (TPSA) is 66.4 Å². The van der Waals surface area contributed by atoms with Gasteiger partial charge in [-0.25, -0.2) is 4.79 Å². The van der Waals surface area contributed by atoms with Crippen LogP contribution in [0.2, 0.25) is 0 Å². The molecule has 0 spiro atoms. The van der Waals surface area contributed by atoms with E-state index in [9.17, 15) is 9.59 Å². The molecule has 21 heavy (non-hydrogen) atoms. The van der Waals surface area contributed by atoms with Crippen LogP contribution in [-0.4, -0.2) is 17.0 Å². The molecule has 0 aliphatic carbocycles. The minimum absolute atomic E-state index is 0.130. The van der Waals surface area contributed by atoms with Gasteiger partial charge in [-0.3, -0.25) is 4.79 Å². The first-order valence-corrected chi connectivity index (χ1v) is 7.96. The van der Waals surface area contributed by atoms with Crippen molar-refractivity contribution in [1.82, 2.24) is 0 Å². The van der Waals surface area contributed by atoms with Crippen LogP contribution in [0.3, 0.4) is 0 Å². The van der Waals surface area contributed by atoms with Crippen molar-refractivity contribution in [3.05, 3.63) is 49.6 Å². The zero-order valence-corrected chi connectivity index (χ0v) is 14.0. The number of benzene rings is 1. The van der Waals surface area contributed by atoms with Gasteiger partial charge in [-0.2, -0.15) is 0 Å². The minimum atomic E-state index is -1.03. The fourth-order valence-corrected chi connectivity index (χ4v) is 3.28. The van der Waals surface area contributed by atoms with Gasteiger partial charge in [0.2, 0.25) is 0 Å². The summed E-state index contributed by atoms with van der Waals surface area (Å²) in [4.78, 5) is 25.0. The van der Waals surface area contributed by atoms with E-state index in [2.05, 4.69) is 21.2 Å². The molecule has 0 saturated carbocycles. The fraction of sp³-hybridized carbons (Fsp3) is 0.200. The highest BCUT2D eigenvalue weighted by molar-refractivity contribution is 9.10. The van der Waals surface area contributed by atoms with Crippen molar-refractivity contribution in [3.63, 3.8) is 0 Å². The number of anilines is 1. The molecular formula is C15H14BrNO3S. The maximum Gasteiger partial charge on any atom is 0.335 e. The Kier molecular flexibility index (Phi) is 4.80. The van der Waals surface area contributed by atoms with Gasteiger partial charge in [0.05, 0.1) is 16.1 Å². The summed E-state index contributed by atoms with van der Waals surface area (Å²) in [7, 11) is 0. The van der Waals surface area contributed by atoms with Crippen LogP contribution in [0.15, 0.2) is 28.7 Å². The molecule has 0 fully saturated rings. The van der Waals surface area contributed by atoms with Crippen LogP contribution >= 0.6 is 27.3 Å². The first-order valence-electron chi connectivity index (χ1n) is 6.36.